The van der Waals surface area contributed by atoms with Gasteiger partial charge in [0.05, 0.1) is 23.6 Å². The minimum Gasteiger partial charge on any atom is -0.478 e. The first kappa shape index (κ1) is 24.3. The fourth-order valence-corrected chi connectivity index (χ4v) is 6.76. The molecule has 1 aromatic rings. The number of likely N-dealkylation sites (N-methyl/N-ethyl adjacent to an activating group) is 1. The normalized spacial score (nSPS) is 29.9. The van der Waals surface area contributed by atoms with Gasteiger partial charge in [-0.3, -0.25) is 9.69 Å². The molecule has 10 heteroatoms. The Balaban J connectivity index is 1.42. The summed E-state index contributed by atoms with van der Waals surface area (Å²) in [7, 11) is 2.01. The first-order valence-corrected chi connectivity index (χ1v) is 12.1. The number of carbonyl (C=O) groups excluding carboxylic acids is 1. The molecule has 2 saturated heterocycles. The van der Waals surface area contributed by atoms with E-state index in [-0.39, 0.29) is 40.4 Å². The zero-order chi connectivity index (χ0) is 24.7. The minimum atomic E-state index is -1.11. The molecule has 2 fully saturated rings. The van der Waals surface area contributed by atoms with E-state index in [2.05, 4.69) is 10.2 Å². The Morgan fingerprint density at radius 1 is 1.26 bits per heavy atom. The standard InChI is InChI=1S/C24H29N3O6S/c1-12-19-18(13(2)28)22(29)27(19)20(24(32)33)21(12)34-17-10-16(26(3)11-17)7-8-25-15-6-4-5-14(9-15)23(30)31/h4-9,12-13,16-19,25,28H,10-11H2,1-3H3,(H,30,31)(H,32,33)/b8-7+/t12-,13-,16-,17+,18-,19-/m1/s1. The number of carboxylic acid groups (broad SMARTS) is 2. The van der Waals surface area contributed by atoms with Crippen molar-refractivity contribution in [2.45, 2.75) is 43.7 Å². The van der Waals surface area contributed by atoms with Crippen LogP contribution in [0.1, 0.15) is 30.6 Å². The molecule has 0 unspecified atom stereocenters. The van der Waals surface area contributed by atoms with Crippen molar-refractivity contribution in [2.75, 3.05) is 18.9 Å². The summed E-state index contributed by atoms with van der Waals surface area (Å²) in [5.41, 5.74) is 0.953. The summed E-state index contributed by atoms with van der Waals surface area (Å²) in [5, 5.41) is 32.2. The molecule has 6 atom stereocenters. The molecule has 0 radical (unpaired) electrons. The highest BCUT2D eigenvalue weighted by molar-refractivity contribution is 8.03. The molecule has 3 heterocycles. The number of fused-ring (bicyclic) bond motifs is 1. The van der Waals surface area contributed by atoms with Gasteiger partial charge in [-0.25, -0.2) is 9.59 Å². The SMILES string of the molecule is C[C@@H](O)[C@H]1C(=O)N2C(C(=O)O)=C(S[C@H]3C[C@@H](/C=C/Nc4cccc(C(=O)O)c4)N(C)C3)[C@H](C)[C@H]12. The van der Waals surface area contributed by atoms with Crippen molar-refractivity contribution in [3.63, 3.8) is 0 Å². The Morgan fingerprint density at radius 2 is 2.00 bits per heavy atom. The van der Waals surface area contributed by atoms with Crippen LogP contribution in [-0.2, 0) is 9.59 Å². The number of carbonyl (C=O) groups is 3. The maximum atomic E-state index is 12.5. The van der Waals surface area contributed by atoms with E-state index in [0.717, 1.165) is 13.0 Å². The summed E-state index contributed by atoms with van der Waals surface area (Å²) in [4.78, 5) is 39.9. The summed E-state index contributed by atoms with van der Waals surface area (Å²) in [5.74, 6) is -3.11. The van der Waals surface area contributed by atoms with Gasteiger partial charge in [-0.05, 0) is 44.8 Å². The van der Waals surface area contributed by atoms with Crippen LogP contribution in [0.5, 0.6) is 0 Å². The predicted octanol–water partition coefficient (Wildman–Crippen LogP) is 2.27. The van der Waals surface area contributed by atoms with Crippen molar-refractivity contribution in [1.82, 2.24) is 9.80 Å². The van der Waals surface area contributed by atoms with Crippen LogP contribution in [-0.4, -0.2) is 80.0 Å². The maximum absolute atomic E-state index is 12.5. The number of likely N-dealkylation sites (tertiary alicyclic amines) is 1. The number of β-lactam (4-membered cyclic amide) rings is 1. The summed E-state index contributed by atoms with van der Waals surface area (Å²) in [6.07, 6.45) is 3.80. The highest BCUT2D eigenvalue weighted by atomic mass is 32.2. The average molecular weight is 488 g/mol. The second-order valence-electron chi connectivity index (χ2n) is 9.14. The van der Waals surface area contributed by atoms with Crippen LogP contribution in [0.3, 0.4) is 0 Å². The quantitative estimate of drug-likeness (QED) is 0.408. The van der Waals surface area contributed by atoms with Gasteiger partial charge in [0, 0.05) is 34.3 Å². The molecule has 0 aromatic heterocycles. The monoisotopic (exact) mass is 487 g/mol. The van der Waals surface area contributed by atoms with Gasteiger partial charge in [-0.2, -0.15) is 0 Å². The number of nitrogens with zero attached hydrogens (tertiary/aromatic N) is 2. The van der Waals surface area contributed by atoms with Crippen LogP contribution in [0.25, 0.3) is 0 Å². The Kier molecular flexibility index (Phi) is 6.75. The van der Waals surface area contributed by atoms with Gasteiger partial charge in [-0.15, -0.1) is 11.8 Å². The average Bonchev–Trinajstić information content (AvgIpc) is 3.23. The summed E-state index contributed by atoms with van der Waals surface area (Å²) >= 11 is 1.53. The lowest BCUT2D eigenvalue weighted by molar-refractivity contribution is -0.163. The maximum Gasteiger partial charge on any atom is 0.353 e. The number of anilines is 1. The van der Waals surface area contributed by atoms with E-state index in [4.69, 9.17) is 5.11 Å². The Morgan fingerprint density at radius 3 is 2.65 bits per heavy atom. The van der Waals surface area contributed by atoms with Crippen molar-refractivity contribution in [2.24, 2.45) is 11.8 Å². The molecular formula is C24H29N3O6S. The van der Waals surface area contributed by atoms with E-state index in [1.807, 2.05) is 20.0 Å². The van der Waals surface area contributed by atoms with Gasteiger partial charge >= 0.3 is 11.9 Å². The van der Waals surface area contributed by atoms with E-state index >= 15 is 0 Å². The number of carboxylic acids is 2. The minimum absolute atomic E-state index is 0.0611. The third-order valence-electron chi connectivity index (χ3n) is 6.84. The number of nitrogens with one attached hydrogen (secondary N) is 1. The zero-order valence-corrected chi connectivity index (χ0v) is 20.0. The number of hydrogen-bond acceptors (Lipinski definition) is 7. The van der Waals surface area contributed by atoms with Crippen LogP contribution in [0.4, 0.5) is 5.69 Å². The van der Waals surface area contributed by atoms with Crippen LogP contribution >= 0.6 is 11.8 Å². The fourth-order valence-electron chi connectivity index (χ4n) is 5.15. The third-order valence-corrected chi connectivity index (χ3v) is 8.34. The Labute approximate surface area is 202 Å². The highest BCUT2D eigenvalue weighted by Crippen LogP contribution is 2.52. The lowest BCUT2D eigenvalue weighted by Crippen LogP contribution is -2.63. The van der Waals surface area contributed by atoms with Crippen LogP contribution in [0.2, 0.25) is 0 Å². The Bertz CT molecular complexity index is 1070. The molecule has 34 heavy (non-hydrogen) atoms. The number of aliphatic carboxylic acids is 1. The van der Waals surface area contributed by atoms with E-state index in [0.29, 0.717) is 10.6 Å². The number of amides is 1. The first-order valence-electron chi connectivity index (χ1n) is 11.2. The summed E-state index contributed by atoms with van der Waals surface area (Å²) in [6.45, 7) is 4.27. The molecule has 1 aromatic carbocycles. The predicted molar refractivity (Wildman–Crippen MR) is 128 cm³/mol. The van der Waals surface area contributed by atoms with Crippen molar-refractivity contribution in [3.8, 4) is 0 Å². The van der Waals surface area contributed by atoms with E-state index < -0.39 is 24.0 Å². The van der Waals surface area contributed by atoms with Gasteiger partial charge in [0.25, 0.3) is 0 Å². The second kappa shape index (κ2) is 9.44. The molecule has 4 N–H and O–H groups in total. The summed E-state index contributed by atoms with van der Waals surface area (Å²) in [6, 6.07) is 6.40. The zero-order valence-electron chi connectivity index (χ0n) is 19.2. The number of hydrogen-bond donors (Lipinski definition) is 4. The molecule has 4 rings (SSSR count). The van der Waals surface area contributed by atoms with Crippen molar-refractivity contribution in [1.29, 1.82) is 0 Å². The molecule has 3 aliphatic rings. The molecule has 0 saturated carbocycles. The van der Waals surface area contributed by atoms with Crippen LogP contribution < -0.4 is 5.32 Å². The van der Waals surface area contributed by atoms with E-state index in [9.17, 15) is 24.6 Å². The lowest BCUT2D eigenvalue weighted by Gasteiger charge is -2.46. The van der Waals surface area contributed by atoms with Gasteiger partial charge in [0.1, 0.15) is 5.70 Å². The van der Waals surface area contributed by atoms with Gasteiger partial charge in [-0.1, -0.05) is 19.1 Å². The number of benzene rings is 1. The molecule has 0 aliphatic carbocycles. The van der Waals surface area contributed by atoms with Gasteiger partial charge in [0.15, 0.2) is 0 Å². The Hall–Kier alpha value is -2.82. The number of aliphatic hydroxyl groups excluding tert-OH is 1. The number of aromatic carboxylic acids is 1. The topological polar surface area (TPSA) is 130 Å². The number of rotatable bonds is 8. The number of aliphatic hydroxyl groups is 1. The largest absolute Gasteiger partial charge is 0.478 e. The van der Waals surface area contributed by atoms with E-state index in [1.54, 1.807) is 31.3 Å². The first-order chi connectivity index (χ1) is 16.1. The molecule has 3 aliphatic heterocycles. The van der Waals surface area contributed by atoms with Crippen molar-refractivity contribution < 1.29 is 29.7 Å². The summed E-state index contributed by atoms with van der Waals surface area (Å²) < 4.78 is 0. The lowest BCUT2D eigenvalue weighted by atomic mass is 9.79. The van der Waals surface area contributed by atoms with Crippen molar-refractivity contribution in [3.05, 3.63) is 52.7 Å². The van der Waals surface area contributed by atoms with Crippen molar-refractivity contribution >= 4 is 35.3 Å². The van der Waals surface area contributed by atoms with Gasteiger partial charge < -0.3 is 25.5 Å². The van der Waals surface area contributed by atoms with Crippen LogP contribution in [0.15, 0.2) is 47.1 Å². The number of thioether (sulfide) groups is 1. The second-order valence-corrected chi connectivity index (χ2v) is 10.5. The smallest absolute Gasteiger partial charge is 0.353 e. The fraction of sp³-hybridized carbons (Fsp3) is 0.458. The van der Waals surface area contributed by atoms with Gasteiger partial charge in [0.2, 0.25) is 5.91 Å². The third kappa shape index (κ3) is 4.33. The molecule has 0 spiro atoms. The molecular weight excluding hydrogens is 458 g/mol. The molecule has 0 bridgehead atoms. The highest BCUT2D eigenvalue weighted by Gasteiger charge is 2.60. The molecule has 182 valence electrons. The molecule has 1 amide bonds. The molecule has 9 nitrogen and oxygen atoms in total. The van der Waals surface area contributed by atoms with Crippen LogP contribution in [0, 0.1) is 11.8 Å². The van der Waals surface area contributed by atoms with E-state index in [1.165, 1.54) is 22.7 Å².